The standard InChI is InChI=1S/C28H26N4O7S2/c1-6-38-26(35)23-15(3)30-28-32(24(23)18-9-7-16(36-4)12-19(18)37-5)25(34)20(40-28)13-17-8-10-22(39-17)41-27-29-14(2)11-21(33)31-27/h7-13,24H,6H2,1-5H3,(H,29,31,33)/b20-13+/t24-/m0/s1. The number of aromatic amines is 1. The van der Waals surface area contributed by atoms with E-state index in [0.717, 1.165) is 11.8 Å². The zero-order chi connectivity index (χ0) is 29.3. The third kappa shape index (κ3) is 5.63. The number of allylic oxidation sites excluding steroid dienone is 1. The third-order valence-corrected chi connectivity index (χ3v) is 7.96. The minimum Gasteiger partial charge on any atom is -0.497 e. The first-order valence-corrected chi connectivity index (χ1v) is 14.1. The van der Waals surface area contributed by atoms with Crippen molar-refractivity contribution in [1.29, 1.82) is 0 Å². The molecule has 0 saturated carbocycles. The highest BCUT2D eigenvalue weighted by Gasteiger charge is 2.35. The SMILES string of the molecule is CCOC(=O)C1=C(C)N=c2s/c(=C/c3ccc(Sc4nc(C)cc(=O)[nH]4)o3)c(=O)n2[C@H]1c1ccc(OC)cc1OC. The largest absolute Gasteiger partial charge is 0.497 e. The Balaban J connectivity index is 1.61. The Bertz CT molecular complexity index is 1920. The van der Waals surface area contributed by atoms with Crippen molar-refractivity contribution in [2.24, 2.45) is 4.99 Å². The van der Waals surface area contributed by atoms with E-state index < -0.39 is 12.0 Å². The summed E-state index contributed by atoms with van der Waals surface area (Å²) in [5.74, 6) is 0.859. The number of methoxy groups -OCH3 is 2. The Morgan fingerprint density at radius 2 is 1.98 bits per heavy atom. The number of rotatable bonds is 8. The molecule has 11 nitrogen and oxygen atoms in total. The molecule has 0 radical (unpaired) electrons. The number of hydrogen-bond donors (Lipinski definition) is 1. The highest BCUT2D eigenvalue weighted by molar-refractivity contribution is 7.99. The van der Waals surface area contributed by atoms with Gasteiger partial charge in [-0.05, 0) is 56.8 Å². The number of furan rings is 1. The van der Waals surface area contributed by atoms with Gasteiger partial charge in [-0.1, -0.05) is 11.3 Å². The predicted octanol–water partition coefficient (Wildman–Crippen LogP) is 2.95. The maximum Gasteiger partial charge on any atom is 0.338 e. The van der Waals surface area contributed by atoms with E-state index in [9.17, 15) is 14.4 Å². The van der Waals surface area contributed by atoms with Gasteiger partial charge in [-0.25, -0.2) is 14.8 Å². The molecular formula is C28H26N4O7S2. The van der Waals surface area contributed by atoms with Crippen molar-refractivity contribution in [2.45, 2.75) is 37.1 Å². The van der Waals surface area contributed by atoms with E-state index in [1.54, 1.807) is 64.3 Å². The van der Waals surface area contributed by atoms with E-state index in [2.05, 4.69) is 15.0 Å². The second-order valence-electron chi connectivity index (χ2n) is 8.86. The Morgan fingerprint density at radius 1 is 1.17 bits per heavy atom. The molecule has 0 fully saturated rings. The average molecular weight is 595 g/mol. The molecule has 1 aliphatic heterocycles. The molecule has 4 aromatic rings. The van der Waals surface area contributed by atoms with Crippen LogP contribution in [0.4, 0.5) is 0 Å². The van der Waals surface area contributed by atoms with Gasteiger partial charge < -0.3 is 23.6 Å². The molecule has 1 aliphatic rings. The molecule has 0 spiro atoms. The van der Waals surface area contributed by atoms with E-state index in [-0.39, 0.29) is 23.3 Å². The van der Waals surface area contributed by atoms with Gasteiger partial charge in [0.2, 0.25) is 0 Å². The van der Waals surface area contributed by atoms with Crippen LogP contribution in [0.15, 0.2) is 76.9 Å². The van der Waals surface area contributed by atoms with E-state index in [1.165, 1.54) is 29.1 Å². The lowest BCUT2D eigenvalue weighted by Gasteiger charge is -2.26. The summed E-state index contributed by atoms with van der Waals surface area (Å²) in [4.78, 5) is 50.8. The fourth-order valence-corrected chi connectivity index (χ4v) is 6.25. The summed E-state index contributed by atoms with van der Waals surface area (Å²) in [5.41, 5.74) is 1.23. The number of hydrogen-bond acceptors (Lipinski definition) is 11. The molecule has 0 aliphatic carbocycles. The quantitative estimate of drug-likeness (QED) is 0.241. The molecule has 0 amide bonds. The minimum atomic E-state index is -0.847. The van der Waals surface area contributed by atoms with Gasteiger partial charge in [0, 0.05) is 29.5 Å². The number of carbonyl (C=O) groups excluding carboxylic acids is 1. The number of aromatic nitrogens is 3. The summed E-state index contributed by atoms with van der Waals surface area (Å²) in [7, 11) is 3.05. The number of thiazole rings is 1. The molecule has 0 bridgehead atoms. The van der Waals surface area contributed by atoms with Crippen LogP contribution >= 0.6 is 23.1 Å². The first kappa shape index (κ1) is 28.2. The highest BCUT2D eigenvalue weighted by Crippen LogP contribution is 2.37. The zero-order valence-corrected chi connectivity index (χ0v) is 24.5. The number of fused-ring (bicyclic) bond motifs is 1. The summed E-state index contributed by atoms with van der Waals surface area (Å²) in [6.45, 7) is 5.33. The number of ether oxygens (including phenoxy) is 3. The summed E-state index contributed by atoms with van der Waals surface area (Å²) in [6.07, 6.45) is 1.62. The summed E-state index contributed by atoms with van der Waals surface area (Å²) >= 11 is 2.33. The van der Waals surface area contributed by atoms with Gasteiger partial charge in [-0.2, -0.15) is 0 Å². The Hall–Kier alpha value is -4.36. The van der Waals surface area contributed by atoms with Crippen LogP contribution < -0.4 is 29.9 Å². The molecule has 5 rings (SSSR count). The molecule has 1 N–H and O–H groups in total. The second-order valence-corrected chi connectivity index (χ2v) is 10.9. The lowest BCUT2D eigenvalue weighted by Crippen LogP contribution is -2.40. The van der Waals surface area contributed by atoms with Crippen molar-refractivity contribution in [3.63, 3.8) is 0 Å². The molecular weight excluding hydrogens is 568 g/mol. The highest BCUT2D eigenvalue weighted by atomic mass is 32.2. The lowest BCUT2D eigenvalue weighted by molar-refractivity contribution is -0.139. The Kier molecular flexibility index (Phi) is 7.99. The first-order chi connectivity index (χ1) is 19.7. The van der Waals surface area contributed by atoms with Gasteiger partial charge in [-0.15, -0.1) is 0 Å². The summed E-state index contributed by atoms with van der Waals surface area (Å²) < 4.78 is 24.1. The van der Waals surface area contributed by atoms with Crippen molar-refractivity contribution in [3.8, 4) is 11.5 Å². The van der Waals surface area contributed by atoms with E-state index in [1.807, 2.05) is 0 Å². The van der Waals surface area contributed by atoms with Gasteiger partial charge >= 0.3 is 5.97 Å². The van der Waals surface area contributed by atoms with Crippen molar-refractivity contribution >= 4 is 35.1 Å². The molecule has 0 saturated heterocycles. The molecule has 212 valence electrons. The maximum atomic E-state index is 13.9. The summed E-state index contributed by atoms with van der Waals surface area (Å²) in [5, 5.41) is 0.879. The normalized spacial score (nSPS) is 15.0. The van der Waals surface area contributed by atoms with Crippen molar-refractivity contribution in [2.75, 3.05) is 20.8 Å². The number of nitrogens with one attached hydrogen (secondary N) is 1. The van der Waals surface area contributed by atoms with Crippen molar-refractivity contribution in [1.82, 2.24) is 14.5 Å². The minimum absolute atomic E-state index is 0.164. The molecule has 1 aromatic carbocycles. The van der Waals surface area contributed by atoms with E-state index >= 15 is 0 Å². The molecule has 41 heavy (non-hydrogen) atoms. The number of esters is 1. The first-order valence-electron chi connectivity index (χ1n) is 12.5. The van der Waals surface area contributed by atoms with Crippen LogP contribution in [0.25, 0.3) is 6.08 Å². The van der Waals surface area contributed by atoms with Crippen molar-refractivity contribution in [3.05, 3.63) is 94.7 Å². The van der Waals surface area contributed by atoms with Gasteiger partial charge in [0.15, 0.2) is 15.1 Å². The van der Waals surface area contributed by atoms with Gasteiger partial charge in [-0.3, -0.25) is 14.2 Å². The second kappa shape index (κ2) is 11.6. The number of aryl methyl sites for hydroxylation is 1. The molecule has 3 aromatic heterocycles. The van der Waals surface area contributed by atoms with Gasteiger partial charge in [0.25, 0.3) is 11.1 Å². The Labute approximate surface area is 241 Å². The Morgan fingerprint density at radius 3 is 2.68 bits per heavy atom. The van der Waals surface area contributed by atoms with E-state index in [4.69, 9.17) is 18.6 Å². The smallest absolute Gasteiger partial charge is 0.338 e. The summed E-state index contributed by atoms with van der Waals surface area (Å²) in [6, 6.07) is 9.20. The fraction of sp³-hybridized carbons (Fsp3) is 0.250. The van der Waals surface area contributed by atoms with Crippen LogP contribution in [0.2, 0.25) is 0 Å². The number of benzene rings is 1. The maximum absolute atomic E-state index is 13.9. The van der Waals surface area contributed by atoms with Crippen LogP contribution in [-0.4, -0.2) is 41.3 Å². The van der Waals surface area contributed by atoms with Gasteiger partial charge in [0.05, 0.1) is 36.6 Å². The number of nitrogens with zero attached hydrogens (tertiary/aromatic N) is 3. The molecule has 13 heteroatoms. The van der Waals surface area contributed by atoms with Crippen LogP contribution in [-0.2, 0) is 9.53 Å². The molecule has 0 unspecified atom stereocenters. The van der Waals surface area contributed by atoms with Gasteiger partial charge in [0.1, 0.15) is 23.3 Å². The van der Waals surface area contributed by atoms with E-state index in [0.29, 0.717) is 53.8 Å². The van der Waals surface area contributed by atoms with Crippen LogP contribution in [0.3, 0.4) is 0 Å². The topological polar surface area (TPSA) is 138 Å². The molecule has 1 atom stereocenters. The van der Waals surface area contributed by atoms with Crippen LogP contribution in [0, 0.1) is 6.92 Å². The average Bonchev–Trinajstić information content (AvgIpc) is 3.50. The van der Waals surface area contributed by atoms with Crippen molar-refractivity contribution < 1.29 is 23.4 Å². The third-order valence-electron chi connectivity index (χ3n) is 6.17. The lowest BCUT2D eigenvalue weighted by atomic mass is 9.95. The number of carbonyl (C=O) groups is 1. The predicted molar refractivity (Wildman–Crippen MR) is 152 cm³/mol. The zero-order valence-electron chi connectivity index (χ0n) is 22.8. The molecule has 4 heterocycles. The monoisotopic (exact) mass is 594 g/mol. The number of H-pyrrole nitrogens is 1. The fourth-order valence-electron chi connectivity index (χ4n) is 4.42. The van der Waals surface area contributed by atoms with Crippen LogP contribution in [0.5, 0.6) is 11.5 Å². The van der Waals surface area contributed by atoms with Crippen LogP contribution in [0.1, 0.15) is 36.9 Å².